The SMILES string of the molecule is O=CN1CCC(n2c(=O)n(Cc3ccc(OC4CCCC4)c(O)c3)c(=O)c3cc(OC(CF)CF)ccc32)CC1. The third kappa shape index (κ3) is 5.68. The molecule has 1 aliphatic heterocycles. The van der Waals surface area contributed by atoms with Crippen molar-refractivity contribution in [1.82, 2.24) is 14.0 Å². The number of rotatable bonds is 10. The van der Waals surface area contributed by atoms with E-state index in [9.17, 15) is 28.3 Å². The van der Waals surface area contributed by atoms with Crippen LogP contribution in [0.1, 0.15) is 50.1 Å². The van der Waals surface area contributed by atoms with Crippen LogP contribution < -0.4 is 20.7 Å². The van der Waals surface area contributed by atoms with Gasteiger partial charge < -0.3 is 19.5 Å². The van der Waals surface area contributed by atoms with Gasteiger partial charge in [-0.2, -0.15) is 0 Å². The van der Waals surface area contributed by atoms with Crippen molar-refractivity contribution in [2.75, 3.05) is 26.4 Å². The summed E-state index contributed by atoms with van der Waals surface area (Å²) in [7, 11) is 0. The summed E-state index contributed by atoms with van der Waals surface area (Å²) in [5.74, 6) is 0.403. The molecule has 1 amide bonds. The van der Waals surface area contributed by atoms with E-state index < -0.39 is 30.7 Å². The molecule has 2 aromatic carbocycles. The molecule has 0 spiro atoms. The van der Waals surface area contributed by atoms with Gasteiger partial charge in [-0.3, -0.25) is 18.7 Å². The van der Waals surface area contributed by atoms with Crippen LogP contribution in [0.2, 0.25) is 0 Å². The van der Waals surface area contributed by atoms with Crippen LogP contribution in [0, 0.1) is 0 Å². The third-order valence-electron chi connectivity index (χ3n) is 7.76. The molecular formula is C29H33F2N3O6. The molecule has 3 aromatic rings. The van der Waals surface area contributed by atoms with Crippen LogP contribution in [0.25, 0.3) is 10.9 Å². The van der Waals surface area contributed by atoms with Crippen LogP contribution >= 0.6 is 0 Å². The topological polar surface area (TPSA) is 103 Å². The molecule has 0 radical (unpaired) electrons. The second kappa shape index (κ2) is 12.1. The Bertz CT molecular complexity index is 1470. The maximum atomic E-state index is 13.8. The number of phenols is 1. The lowest BCUT2D eigenvalue weighted by Crippen LogP contribution is -2.44. The van der Waals surface area contributed by atoms with E-state index in [1.165, 1.54) is 18.2 Å². The molecule has 2 aliphatic rings. The van der Waals surface area contributed by atoms with Crippen molar-refractivity contribution in [3.8, 4) is 17.2 Å². The molecule has 5 rings (SSSR count). The summed E-state index contributed by atoms with van der Waals surface area (Å²) in [6, 6.07) is 9.01. The fourth-order valence-electron chi connectivity index (χ4n) is 5.60. The maximum Gasteiger partial charge on any atom is 0.332 e. The van der Waals surface area contributed by atoms with Gasteiger partial charge in [0, 0.05) is 19.1 Å². The molecule has 1 aliphatic carbocycles. The fraction of sp³-hybridized carbons (Fsp3) is 0.483. The summed E-state index contributed by atoms with van der Waals surface area (Å²) in [5.41, 5.74) is -0.204. The third-order valence-corrected chi connectivity index (χ3v) is 7.76. The molecule has 0 unspecified atom stereocenters. The minimum absolute atomic E-state index is 0.0588. The molecule has 40 heavy (non-hydrogen) atoms. The van der Waals surface area contributed by atoms with Gasteiger partial charge in [-0.05, 0) is 74.4 Å². The molecule has 1 aromatic heterocycles. The van der Waals surface area contributed by atoms with Crippen LogP contribution in [0.3, 0.4) is 0 Å². The molecule has 0 bridgehead atoms. The van der Waals surface area contributed by atoms with Gasteiger partial charge in [-0.1, -0.05) is 6.07 Å². The average molecular weight is 558 g/mol. The Morgan fingerprint density at radius 3 is 2.38 bits per heavy atom. The van der Waals surface area contributed by atoms with E-state index in [2.05, 4.69) is 0 Å². The lowest BCUT2D eigenvalue weighted by atomic mass is 10.0. The number of aromatic nitrogens is 2. The van der Waals surface area contributed by atoms with Crippen LogP contribution in [0.15, 0.2) is 46.0 Å². The van der Waals surface area contributed by atoms with E-state index in [0.717, 1.165) is 36.7 Å². The van der Waals surface area contributed by atoms with E-state index in [1.807, 2.05) is 0 Å². The number of fused-ring (bicyclic) bond motifs is 1. The average Bonchev–Trinajstić information content (AvgIpc) is 3.49. The number of aromatic hydroxyl groups is 1. The monoisotopic (exact) mass is 557 g/mol. The van der Waals surface area contributed by atoms with Crippen LogP contribution in [-0.2, 0) is 11.3 Å². The van der Waals surface area contributed by atoms with E-state index in [4.69, 9.17) is 9.47 Å². The smallest absolute Gasteiger partial charge is 0.332 e. The lowest BCUT2D eigenvalue weighted by Gasteiger charge is -2.31. The number of carbonyl (C=O) groups excluding carboxylic acids is 1. The number of amides is 1. The van der Waals surface area contributed by atoms with Crippen molar-refractivity contribution in [3.63, 3.8) is 0 Å². The van der Waals surface area contributed by atoms with Gasteiger partial charge in [0.1, 0.15) is 19.1 Å². The van der Waals surface area contributed by atoms with Gasteiger partial charge in [-0.15, -0.1) is 0 Å². The minimum Gasteiger partial charge on any atom is -0.504 e. The predicted molar refractivity (Wildman–Crippen MR) is 145 cm³/mol. The normalized spacial score (nSPS) is 16.6. The molecule has 2 fully saturated rings. The first-order valence-electron chi connectivity index (χ1n) is 13.7. The van der Waals surface area contributed by atoms with Crippen molar-refractivity contribution in [2.45, 2.75) is 63.3 Å². The molecule has 214 valence electrons. The summed E-state index contributed by atoms with van der Waals surface area (Å²) in [4.78, 5) is 40.3. The minimum atomic E-state index is -1.30. The molecule has 1 saturated carbocycles. The zero-order valence-corrected chi connectivity index (χ0v) is 22.1. The highest BCUT2D eigenvalue weighted by atomic mass is 19.1. The van der Waals surface area contributed by atoms with Crippen molar-refractivity contribution >= 4 is 17.3 Å². The first-order chi connectivity index (χ1) is 19.4. The number of likely N-dealkylation sites (tertiary alicyclic amines) is 1. The number of phenolic OH excluding ortho intramolecular Hbond substituents is 1. The Hall–Kier alpha value is -3.89. The van der Waals surface area contributed by atoms with Crippen molar-refractivity contribution < 1.29 is 28.2 Å². The van der Waals surface area contributed by atoms with E-state index in [1.54, 1.807) is 27.7 Å². The van der Waals surface area contributed by atoms with Crippen LogP contribution in [-0.4, -0.2) is 64.2 Å². The molecule has 2 heterocycles. The van der Waals surface area contributed by atoms with Gasteiger partial charge in [0.05, 0.1) is 23.6 Å². The number of halogens is 2. The van der Waals surface area contributed by atoms with Gasteiger partial charge in [0.15, 0.2) is 17.6 Å². The van der Waals surface area contributed by atoms with Crippen LogP contribution in [0.5, 0.6) is 17.2 Å². The van der Waals surface area contributed by atoms with Gasteiger partial charge in [0.25, 0.3) is 5.56 Å². The van der Waals surface area contributed by atoms with E-state index in [0.29, 0.717) is 42.8 Å². The Morgan fingerprint density at radius 2 is 1.73 bits per heavy atom. The molecule has 9 nitrogen and oxygen atoms in total. The number of hydrogen-bond acceptors (Lipinski definition) is 6. The Balaban J connectivity index is 1.54. The predicted octanol–water partition coefficient (Wildman–Crippen LogP) is 3.72. The molecule has 1 saturated heterocycles. The molecular weight excluding hydrogens is 524 g/mol. The summed E-state index contributed by atoms with van der Waals surface area (Å²) in [6.07, 6.45) is 4.61. The first kappa shape index (κ1) is 27.7. The largest absolute Gasteiger partial charge is 0.504 e. The maximum absolute atomic E-state index is 13.8. The highest BCUT2D eigenvalue weighted by Gasteiger charge is 2.25. The fourth-order valence-corrected chi connectivity index (χ4v) is 5.60. The Kier molecular flexibility index (Phi) is 8.37. The second-order valence-corrected chi connectivity index (χ2v) is 10.5. The Labute approximate surface area is 229 Å². The van der Waals surface area contributed by atoms with Gasteiger partial charge in [0.2, 0.25) is 6.41 Å². The van der Waals surface area contributed by atoms with Crippen LogP contribution in [0.4, 0.5) is 8.78 Å². The number of benzene rings is 2. The number of ether oxygens (including phenoxy) is 2. The highest BCUT2D eigenvalue weighted by molar-refractivity contribution is 5.80. The van der Waals surface area contributed by atoms with E-state index >= 15 is 0 Å². The van der Waals surface area contributed by atoms with Crippen molar-refractivity contribution in [3.05, 3.63) is 62.8 Å². The standard InChI is InChI=1S/C29H33F2N3O6/c30-15-23(16-31)39-22-6-7-25-24(14-22)28(37)33(29(38)34(25)20-9-11-32(18-35)12-10-20)17-19-5-8-27(26(36)13-19)40-21-3-1-2-4-21/h5-8,13-14,18,20-21,23,36H,1-4,9-12,15-17H2. The highest BCUT2D eigenvalue weighted by Crippen LogP contribution is 2.32. The zero-order valence-electron chi connectivity index (χ0n) is 22.1. The van der Waals surface area contributed by atoms with E-state index in [-0.39, 0.29) is 35.6 Å². The summed E-state index contributed by atoms with van der Waals surface area (Å²) >= 11 is 0. The molecule has 1 N–H and O–H groups in total. The first-order valence-corrected chi connectivity index (χ1v) is 13.7. The lowest BCUT2D eigenvalue weighted by molar-refractivity contribution is -0.119. The molecule has 0 atom stereocenters. The number of carbonyl (C=O) groups is 1. The van der Waals surface area contributed by atoms with Gasteiger partial charge >= 0.3 is 5.69 Å². The molecule has 11 heteroatoms. The second-order valence-electron chi connectivity index (χ2n) is 10.5. The quantitative estimate of drug-likeness (QED) is 0.381. The summed E-state index contributed by atoms with van der Waals surface area (Å²) in [6.45, 7) is -1.24. The Morgan fingerprint density at radius 1 is 1.00 bits per heavy atom. The van der Waals surface area contributed by atoms with Gasteiger partial charge in [-0.25, -0.2) is 13.6 Å². The van der Waals surface area contributed by atoms with Crippen molar-refractivity contribution in [2.24, 2.45) is 0 Å². The summed E-state index contributed by atoms with van der Waals surface area (Å²) < 4.78 is 40.2. The zero-order chi connectivity index (χ0) is 28.2. The number of hydrogen-bond donors (Lipinski definition) is 1. The summed E-state index contributed by atoms with van der Waals surface area (Å²) in [5, 5.41) is 10.8. The number of alkyl halides is 2. The number of nitrogens with zero attached hydrogens (tertiary/aromatic N) is 3. The number of piperidine rings is 1. The van der Waals surface area contributed by atoms with Crippen molar-refractivity contribution in [1.29, 1.82) is 0 Å².